The number of sulfone groups is 1. The van der Waals surface area contributed by atoms with E-state index >= 15 is 0 Å². The van der Waals surface area contributed by atoms with E-state index in [1.54, 1.807) is 0 Å². The maximum Gasteiger partial charge on any atom is 0.255 e. The monoisotopic (exact) mass is 630 g/mol. The highest BCUT2D eigenvalue weighted by molar-refractivity contribution is 7.92. The van der Waals surface area contributed by atoms with Crippen LogP contribution in [0, 0.1) is 29.3 Å². The van der Waals surface area contributed by atoms with Gasteiger partial charge >= 0.3 is 0 Å². The van der Waals surface area contributed by atoms with E-state index in [0.717, 1.165) is 6.07 Å². The van der Waals surface area contributed by atoms with E-state index in [4.69, 9.17) is 11.6 Å². The van der Waals surface area contributed by atoms with Crippen LogP contribution >= 0.6 is 11.6 Å². The van der Waals surface area contributed by atoms with Crippen LogP contribution in [0.1, 0.15) is 55.3 Å². The fourth-order valence-electron chi connectivity index (χ4n) is 6.64. The molecular weight excluding hydrogens is 601 g/mol. The summed E-state index contributed by atoms with van der Waals surface area (Å²) in [6.45, 7) is -0.204. The zero-order valence-corrected chi connectivity index (χ0v) is 23.8. The average Bonchev–Trinajstić information content (AvgIpc) is 3.31. The Morgan fingerprint density at radius 2 is 1.62 bits per heavy atom. The molecular formula is C28H30ClF3N2O7S. The molecule has 0 radical (unpaired) electrons. The standard InChI is InChI=1S/C28H30ClF3N2O7S/c29-19-6-3-14(25(36)34-17-11-20(30)24(32)21(31)12-17)8-22(19)42(40,41)18-9-15-4-5-16(10-18)28(15,39)13-33-26(37)27(38)7-1-2-23(27)35/h3,6,8,11-12,15-16,18,23,35,38-39H,1-2,4-5,7,9-10,13H2,(H,33,37)(H,34,36)/t15-,16?,18-,23+,27-,28-/m0/s1. The molecule has 0 spiro atoms. The molecule has 3 aliphatic carbocycles. The Hall–Kier alpha value is -2.71. The van der Waals surface area contributed by atoms with Gasteiger partial charge in [0.25, 0.3) is 11.8 Å². The van der Waals surface area contributed by atoms with Crippen molar-refractivity contribution in [3.8, 4) is 0 Å². The van der Waals surface area contributed by atoms with Crippen molar-refractivity contribution in [2.45, 2.75) is 72.4 Å². The van der Waals surface area contributed by atoms with Crippen LogP contribution in [0.15, 0.2) is 35.2 Å². The Balaban J connectivity index is 1.31. The lowest BCUT2D eigenvalue weighted by atomic mass is 9.74. The first-order chi connectivity index (χ1) is 19.7. The predicted molar refractivity (Wildman–Crippen MR) is 145 cm³/mol. The molecule has 3 aliphatic rings. The molecule has 5 rings (SSSR count). The van der Waals surface area contributed by atoms with Crippen molar-refractivity contribution in [3.63, 3.8) is 0 Å². The van der Waals surface area contributed by atoms with Crippen LogP contribution in [0.2, 0.25) is 5.02 Å². The number of carbonyl (C=O) groups excluding carboxylic acids is 2. The van der Waals surface area contributed by atoms with Crippen LogP contribution in [0.3, 0.4) is 0 Å². The first kappa shape index (κ1) is 30.7. The number of hydrogen-bond donors (Lipinski definition) is 5. The summed E-state index contributed by atoms with van der Waals surface area (Å²) >= 11 is 6.25. The number of aliphatic hydroxyl groups excluding tert-OH is 1. The highest BCUT2D eigenvalue weighted by Gasteiger charge is 2.56. The van der Waals surface area contributed by atoms with Gasteiger partial charge in [0.15, 0.2) is 32.9 Å². The fraction of sp³-hybridized carbons (Fsp3) is 0.500. The van der Waals surface area contributed by atoms with Gasteiger partial charge in [-0.05, 0) is 75.0 Å². The van der Waals surface area contributed by atoms with Crippen molar-refractivity contribution < 1.29 is 46.5 Å². The normalized spacial score (nSPS) is 30.7. The molecule has 0 saturated heterocycles. The molecule has 0 aromatic heterocycles. The first-order valence-corrected chi connectivity index (χ1v) is 15.5. The third kappa shape index (κ3) is 5.30. The van der Waals surface area contributed by atoms with Crippen molar-refractivity contribution in [2.75, 3.05) is 11.9 Å². The number of halogens is 4. The molecule has 2 bridgehead atoms. The van der Waals surface area contributed by atoms with Gasteiger partial charge in [0.05, 0.1) is 26.9 Å². The van der Waals surface area contributed by atoms with Crippen LogP contribution in [-0.4, -0.2) is 64.7 Å². The third-order valence-corrected chi connectivity index (χ3v) is 11.7. The van der Waals surface area contributed by atoms with Crippen LogP contribution < -0.4 is 10.6 Å². The van der Waals surface area contributed by atoms with E-state index in [1.807, 2.05) is 0 Å². The molecule has 0 heterocycles. The molecule has 228 valence electrons. The van der Waals surface area contributed by atoms with E-state index in [-0.39, 0.29) is 53.4 Å². The van der Waals surface area contributed by atoms with Crippen LogP contribution in [0.4, 0.5) is 18.9 Å². The van der Waals surface area contributed by atoms with Gasteiger partial charge in [-0.1, -0.05) is 11.6 Å². The summed E-state index contributed by atoms with van der Waals surface area (Å²) in [6, 6.07) is 4.66. The SMILES string of the molecule is O=C(Nc1cc(F)c(F)c(F)c1)c1ccc(Cl)c(S(=O)(=O)[C@@H]2CC3CC[C@@H](C2)[C@@]3(O)CNC(=O)[C@]2(O)CCC[C@H]2O)c1. The smallest absolute Gasteiger partial charge is 0.255 e. The molecule has 1 unspecified atom stereocenters. The number of aliphatic hydroxyl groups is 3. The third-order valence-electron chi connectivity index (χ3n) is 9.06. The number of fused-ring (bicyclic) bond motifs is 2. The number of benzene rings is 2. The maximum absolute atomic E-state index is 13.7. The van der Waals surface area contributed by atoms with Gasteiger partial charge in [0, 0.05) is 29.9 Å². The number of amides is 2. The lowest BCUT2D eigenvalue weighted by molar-refractivity contribution is -0.151. The molecule has 3 fully saturated rings. The molecule has 14 heteroatoms. The molecule has 2 aromatic rings. The zero-order chi connectivity index (χ0) is 30.6. The van der Waals surface area contributed by atoms with Gasteiger partial charge in [-0.25, -0.2) is 21.6 Å². The predicted octanol–water partition coefficient (Wildman–Crippen LogP) is 3.10. The summed E-state index contributed by atoms with van der Waals surface area (Å²) in [6.07, 6.45) is 0.792. The quantitative estimate of drug-likeness (QED) is 0.295. The summed E-state index contributed by atoms with van der Waals surface area (Å²) in [5, 5.41) is 35.8. The second-order valence-corrected chi connectivity index (χ2v) is 14.1. The van der Waals surface area contributed by atoms with Crippen molar-refractivity contribution in [1.29, 1.82) is 0 Å². The summed E-state index contributed by atoms with van der Waals surface area (Å²) in [5.41, 5.74) is -3.88. The van der Waals surface area contributed by atoms with Crippen LogP contribution in [0.25, 0.3) is 0 Å². The Morgan fingerprint density at radius 1 is 1.00 bits per heavy atom. The van der Waals surface area contributed by atoms with Gasteiger partial charge in [-0.2, -0.15) is 0 Å². The molecule has 0 aliphatic heterocycles. The lowest BCUT2D eigenvalue weighted by Crippen LogP contribution is -2.59. The zero-order valence-electron chi connectivity index (χ0n) is 22.2. The largest absolute Gasteiger partial charge is 0.390 e. The number of rotatable bonds is 7. The second-order valence-electron chi connectivity index (χ2n) is 11.5. The van der Waals surface area contributed by atoms with Crippen LogP contribution in [0.5, 0.6) is 0 Å². The molecule has 9 nitrogen and oxygen atoms in total. The fourth-order valence-corrected chi connectivity index (χ4v) is 9.04. The minimum Gasteiger partial charge on any atom is -0.390 e. The minimum atomic E-state index is -4.13. The average molecular weight is 631 g/mol. The summed E-state index contributed by atoms with van der Waals surface area (Å²) in [4.78, 5) is 25.1. The maximum atomic E-state index is 13.7. The van der Waals surface area contributed by atoms with E-state index in [1.165, 1.54) is 12.1 Å². The molecule has 42 heavy (non-hydrogen) atoms. The van der Waals surface area contributed by atoms with Gasteiger partial charge in [-0.15, -0.1) is 0 Å². The Kier molecular flexibility index (Phi) is 8.12. The summed E-state index contributed by atoms with van der Waals surface area (Å²) in [7, 11) is -4.13. The van der Waals surface area contributed by atoms with E-state index in [2.05, 4.69) is 10.6 Å². The van der Waals surface area contributed by atoms with Crippen molar-refractivity contribution in [3.05, 3.63) is 58.4 Å². The van der Waals surface area contributed by atoms with Gasteiger partial charge in [0.1, 0.15) is 0 Å². The Morgan fingerprint density at radius 3 is 2.19 bits per heavy atom. The highest BCUT2D eigenvalue weighted by atomic mass is 35.5. The summed E-state index contributed by atoms with van der Waals surface area (Å²) in [5.74, 6) is -7.39. The van der Waals surface area contributed by atoms with Gasteiger partial charge in [-0.3, -0.25) is 9.59 Å². The number of hydrogen-bond acceptors (Lipinski definition) is 7. The Bertz CT molecular complexity index is 1500. The van der Waals surface area contributed by atoms with Gasteiger partial charge in [0.2, 0.25) is 0 Å². The molecule has 2 amide bonds. The van der Waals surface area contributed by atoms with Crippen molar-refractivity contribution >= 4 is 38.9 Å². The lowest BCUT2D eigenvalue weighted by Gasteiger charge is -2.43. The first-order valence-electron chi connectivity index (χ1n) is 13.6. The molecule has 6 atom stereocenters. The van der Waals surface area contributed by atoms with Crippen LogP contribution in [-0.2, 0) is 14.6 Å². The molecule has 3 saturated carbocycles. The van der Waals surface area contributed by atoms with Crippen molar-refractivity contribution in [2.24, 2.45) is 11.8 Å². The van der Waals surface area contributed by atoms with E-state index in [9.17, 15) is 46.5 Å². The van der Waals surface area contributed by atoms with Gasteiger partial charge < -0.3 is 26.0 Å². The number of anilines is 1. The van der Waals surface area contributed by atoms with E-state index < -0.39 is 73.5 Å². The second kappa shape index (κ2) is 11.1. The summed E-state index contributed by atoms with van der Waals surface area (Å²) < 4.78 is 67.9. The minimum absolute atomic E-state index is 0.0545. The molecule has 5 N–H and O–H groups in total. The highest BCUT2D eigenvalue weighted by Crippen LogP contribution is 2.52. The number of carbonyl (C=O) groups is 2. The van der Waals surface area contributed by atoms with E-state index in [0.29, 0.717) is 31.4 Å². The Labute approximate surface area is 245 Å². The topological polar surface area (TPSA) is 153 Å². The number of nitrogens with one attached hydrogen (secondary N) is 2. The van der Waals surface area contributed by atoms with Crippen molar-refractivity contribution in [1.82, 2.24) is 5.32 Å². The molecule has 2 aromatic carbocycles.